The molecule has 218 valence electrons. The first-order valence-electron chi connectivity index (χ1n) is 13.2. The van der Waals surface area contributed by atoms with Crippen LogP contribution in [0.3, 0.4) is 0 Å². The van der Waals surface area contributed by atoms with E-state index in [9.17, 15) is 28.1 Å². The number of nitrogens with zero attached hydrogens (tertiary/aromatic N) is 3. The van der Waals surface area contributed by atoms with Crippen LogP contribution in [0.15, 0.2) is 83.8 Å². The first-order chi connectivity index (χ1) is 19.6. The maximum atomic E-state index is 14.0. The smallest absolute Gasteiger partial charge is 0.269 e. The summed E-state index contributed by atoms with van der Waals surface area (Å²) in [6, 6.07) is 18.5. The second-order valence-electron chi connectivity index (χ2n) is 9.28. The largest absolute Gasteiger partial charge is 0.354 e. The quantitative estimate of drug-likeness (QED) is 0.154. The lowest BCUT2D eigenvalue weighted by molar-refractivity contribution is -0.384. The zero-order valence-corrected chi connectivity index (χ0v) is 24.5. The van der Waals surface area contributed by atoms with Crippen molar-refractivity contribution in [2.75, 3.05) is 17.4 Å². The normalized spacial score (nSPS) is 11.9. The number of anilines is 1. The highest BCUT2D eigenvalue weighted by atomic mass is 35.5. The van der Waals surface area contributed by atoms with Crippen molar-refractivity contribution < 1.29 is 22.9 Å². The van der Waals surface area contributed by atoms with Gasteiger partial charge in [0.2, 0.25) is 11.8 Å². The third-order valence-corrected chi connectivity index (χ3v) is 8.63. The first kappa shape index (κ1) is 31.6. The van der Waals surface area contributed by atoms with Gasteiger partial charge < -0.3 is 10.2 Å². The molecule has 3 aromatic rings. The van der Waals surface area contributed by atoms with E-state index in [1.54, 1.807) is 49.4 Å². The molecule has 0 unspecified atom stereocenters. The molecule has 0 fully saturated rings. The fourth-order valence-corrected chi connectivity index (χ4v) is 5.86. The topological polar surface area (TPSA) is 130 Å². The van der Waals surface area contributed by atoms with Crippen LogP contribution in [0.5, 0.6) is 0 Å². The molecule has 1 atom stereocenters. The third-order valence-electron chi connectivity index (χ3n) is 6.47. The summed E-state index contributed by atoms with van der Waals surface area (Å²) in [5.74, 6) is -0.991. The molecule has 0 spiro atoms. The molecular weight excluding hydrogens is 568 g/mol. The maximum Gasteiger partial charge on any atom is 0.269 e. The summed E-state index contributed by atoms with van der Waals surface area (Å²) in [7, 11) is -4.28. The molecule has 0 bridgehead atoms. The van der Waals surface area contributed by atoms with Crippen LogP contribution in [0.25, 0.3) is 0 Å². The number of carbonyl (C=O) groups excluding carboxylic acids is 2. The third kappa shape index (κ3) is 8.05. The molecule has 0 heterocycles. The van der Waals surface area contributed by atoms with Crippen molar-refractivity contribution in [2.24, 2.45) is 0 Å². The number of non-ortho nitro benzene ring substituents is 1. The van der Waals surface area contributed by atoms with E-state index >= 15 is 0 Å². The molecule has 12 heteroatoms. The Morgan fingerprint density at radius 1 is 0.976 bits per heavy atom. The number of sulfonamides is 1. The number of rotatable bonds is 14. The van der Waals surface area contributed by atoms with Crippen LogP contribution in [0.1, 0.15) is 38.7 Å². The minimum absolute atomic E-state index is 0.0301. The van der Waals surface area contributed by atoms with E-state index in [2.05, 4.69) is 5.32 Å². The Kier molecular flexibility index (Phi) is 11.2. The summed E-state index contributed by atoms with van der Waals surface area (Å²) in [6.07, 6.45) is 1.92. The van der Waals surface area contributed by atoms with E-state index in [0.29, 0.717) is 17.1 Å². The molecule has 0 saturated carbocycles. The molecule has 0 radical (unpaired) electrons. The molecule has 1 N–H and O–H groups in total. The highest BCUT2D eigenvalue weighted by molar-refractivity contribution is 7.92. The summed E-state index contributed by atoms with van der Waals surface area (Å²) in [4.78, 5) is 39.1. The number of nitro benzene ring substituents is 1. The number of nitrogens with one attached hydrogen (secondary N) is 1. The zero-order valence-electron chi connectivity index (χ0n) is 22.9. The van der Waals surface area contributed by atoms with Gasteiger partial charge in [-0.25, -0.2) is 8.42 Å². The summed E-state index contributed by atoms with van der Waals surface area (Å²) in [5.41, 5.74) is 0.424. The Morgan fingerprint density at radius 3 is 2.20 bits per heavy atom. The van der Waals surface area contributed by atoms with Crippen molar-refractivity contribution in [1.29, 1.82) is 0 Å². The van der Waals surface area contributed by atoms with Gasteiger partial charge in [-0.3, -0.25) is 24.0 Å². The Hall–Kier alpha value is -3.96. The predicted molar refractivity (Wildman–Crippen MR) is 158 cm³/mol. The molecule has 0 aliphatic rings. The van der Waals surface area contributed by atoms with Crippen LogP contribution < -0.4 is 9.62 Å². The van der Waals surface area contributed by atoms with Crippen LogP contribution in [0, 0.1) is 10.1 Å². The Bertz CT molecular complexity index is 1450. The first-order valence-corrected chi connectivity index (χ1v) is 15.0. The molecule has 10 nitrogen and oxygen atoms in total. The number of carbonyl (C=O) groups is 2. The van der Waals surface area contributed by atoms with Crippen LogP contribution >= 0.6 is 11.6 Å². The Labute approximate surface area is 245 Å². The monoisotopic (exact) mass is 600 g/mol. The number of nitro groups is 1. The van der Waals surface area contributed by atoms with Gasteiger partial charge >= 0.3 is 0 Å². The molecule has 0 aliphatic carbocycles. The fraction of sp³-hybridized carbons (Fsp3) is 0.310. The number of hydrogen-bond donors (Lipinski definition) is 1. The van der Waals surface area contributed by atoms with Gasteiger partial charge in [0.05, 0.1) is 15.5 Å². The number of benzene rings is 3. The lowest BCUT2D eigenvalue weighted by atomic mass is 10.1. The molecular formula is C29H33ClN4O6S. The second kappa shape index (κ2) is 14.6. The molecule has 0 aliphatic heterocycles. The van der Waals surface area contributed by atoms with Gasteiger partial charge in [0.1, 0.15) is 12.6 Å². The van der Waals surface area contributed by atoms with Gasteiger partial charge in [-0.15, -0.1) is 0 Å². The highest BCUT2D eigenvalue weighted by Crippen LogP contribution is 2.27. The van der Waals surface area contributed by atoms with E-state index in [4.69, 9.17) is 11.6 Å². The zero-order chi connectivity index (χ0) is 30.0. The van der Waals surface area contributed by atoms with E-state index in [1.807, 2.05) is 6.92 Å². The Morgan fingerprint density at radius 2 is 1.61 bits per heavy atom. The van der Waals surface area contributed by atoms with Crippen molar-refractivity contribution in [2.45, 2.75) is 50.6 Å². The number of unbranched alkanes of at least 4 members (excludes halogenated alkanes) is 1. The van der Waals surface area contributed by atoms with Crippen molar-refractivity contribution in [1.82, 2.24) is 10.2 Å². The highest BCUT2D eigenvalue weighted by Gasteiger charge is 2.34. The van der Waals surface area contributed by atoms with E-state index in [1.165, 1.54) is 41.3 Å². The number of halogens is 1. The van der Waals surface area contributed by atoms with Gasteiger partial charge in [-0.05, 0) is 48.7 Å². The molecule has 41 heavy (non-hydrogen) atoms. The van der Waals surface area contributed by atoms with Crippen molar-refractivity contribution in [3.63, 3.8) is 0 Å². The van der Waals surface area contributed by atoms with Gasteiger partial charge in [0.25, 0.3) is 15.7 Å². The summed E-state index contributed by atoms with van der Waals surface area (Å²) in [6.45, 7) is 3.52. The van der Waals surface area contributed by atoms with E-state index in [0.717, 1.165) is 17.1 Å². The second-order valence-corrected chi connectivity index (χ2v) is 11.5. The summed E-state index contributed by atoms with van der Waals surface area (Å²) in [5, 5.41) is 14.5. The van der Waals surface area contributed by atoms with Gasteiger partial charge in [0, 0.05) is 30.2 Å². The minimum Gasteiger partial charge on any atom is -0.354 e. The van der Waals surface area contributed by atoms with Gasteiger partial charge in [0.15, 0.2) is 0 Å². The lowest BCUT2D eigenvalue weighted by Gasteiger charge is -2.33. The van der Waals surface area contributed by atoms with Crippen LogP contribution in [0.4, 0.5) is 11.4 Å². The van der Waals surface area contributed by atoms with Crippen molar-refractivity contribution >= 4 is 44.8 Å². The van der Waals surface area contributed by atoms with E-state index < -0.39 is 33.4 Å². The molecule has 3 rings (SSSR count). The summed E-state index contributed by atoms with van der Waals surface area (Å²) < 4.78 is 28.5. The average Bonchev–Trinajstić information content (AvgIpc) is 2.97. The molecule has 0 saturated heterocycles. The predicted octanol–water partition coefficient (Wildman–Crippen LogP) is 5.17. The van der Waals surface area contributed by atoms with Crippen LogP contribution in [0.2, 0.25) is 5.02 Å². The minimum atomic E-state index is -4.28. The fourth-order valence-electron chi connectivity index (χ4n) is 4.22. The Balaban J connectivity index is 2.05. The van der Waals surface area contributed by atoms with Crippen LogP contribution in [-0.4, -0.2) is 49.2 Å². The standard InChI is InChI=1S/C29H33ClN4O6S/c1-3-5-19-31-29(36)27(4-2)32(20-22-11-9-10-14-26(22)30)28(35)21-33(23-15-17-24(18-16-23)34(37)38)41(39,40)25-12-7-6-8-13-25/h6-18,27H,3-5,19-21H2,1-2H3,(H,31,36)/t27-/m1/s1. The average molecular weight is 601 g/mol. The SMILES string of the molecule is CCCCNC(=O)[C@@H](CC)N(Cc1ccccc1Cl)C(=O)CN(c1ccc([N+](=O)[O-])cc1)S(=O)(=O)c1ccccc1. The molecule has 0 aromatic heterocycles. The number of hydrogen-bond acceptors (Lipinski definition) is 6. The molecule has 3 aromatic carbocycles. The van der Waals surface area contributed by atoms with Gasteiger partial charge in [-0.1, -0.05) is 68.3 Å². The lowest BCUT2D eigenvalue weighted by Crippen LogP contribution is -2.52. The van der Waals surface area contributed by atoms with Crippen molar-refractivity contribution in [3.05, 3.63) is 99.6 Å². The van der Waals surface area contributed by atoms with Crippen molar-refractivity contribution in [3.8, 4) is 0 Å². The van der Waals surface area contributed by atoms with Gasteiger partial charge in [-0.2, -0.15) is 0 Å². The van der Waals surface area contributed by atoms with Crippen LogP contribution in [-0.2, 0) is 26.2 Å². The van der Waals surface area contributed by atoms with E-state index in [-0.39, 0.29) is 35.1 Å². The maximum absolute atomic E-state index is 14.0. The molecule has 2 amide bonds. The number of amides is 2. The summed E-state index contributed by atoms with van der Waals surface area (Å²) >= 11 is 6.40.